The Bertz CT molecular complexity index is 847. The van der Waals surface area contributed by atoms with E-state index in [4.69, 9.17) is 33.2 Å². The molecular formula is C25H44O18. The van der Waals surface area contributed by atoms with Crippen LogP contribution in [0.1, 0.15) is 13.8 Å². The highest BCUT2D eigenvalue weighted by Crippen LogP contribution is 2.33. The Kier molecular flexibility index (Phi) is 13.6. The quantitative estimate of drug-likeness (QED) is 0.0629. The number of aliphatic hydroxyl groups is 10. The first-order valence-electron chi connectivity index (χ1n) is 13.8. The fourth-order valence-electron chi connectivity index (χ4n) is 4.98. The van der Waals surface area contributed by atoms with Crippen LogP contribution in [0, 0.1) is 0 Å². The van der Waals surface area contributed by atoms with Gasteiger partial charge in [0.15, 0.2) is 12.6 Å². The maximum Gasteiger partial charge on any atom is 0.186 e. The summed E-state index contributed by atoms with van der Waals surface area (Å²) in [6.07, 6.45) is -22.6. The highest BCUT2D eigenvalue weighted by atomic mass is 16.7. The molecular weight excluding hydrogens is 588 g/mol. The number of ether oxygens (including phenoxy) is 7. The molecule has 3 saturated heterocycles. The van der Waals surface area contributed by atoms with Crippen LogP contribution in [-0.2, 0) is 38.0 Å². The van der Waals surface area contributed by atoms with Crippen molar-refractivity contribution in [3.05, 3.63) is 0 Å². The summed E-state index contributed by atoms with van der Waals surface area (Å²) in [7, 11) is 0. The topological polar surface area (TPSA) is 284 Å². The first-order valence-corrected chi connectivity index (χ1v) is 13.8. The molecule has 0 bridgehead atoms. The second-order valence-electron chi connectivity index (χ2n) is 11.1. The van der Waals surface area contributed by atoms with Crippen LogP contribution in [0.2, 0.25) is 0 Å². The van der Waals surface area contributed by atoms with Crippen molar-refractivity contribution in [2.24, 2.45) is 0 Å². The minimum absolute atomic E-state index is 0.00941. The molecule has 3 rings (SSSR count). The van der Waals surface area contributed by atoms with Crippen LogP contribution in [0.4, 0.5) is 0 Å². The van der Waals surface area contributed by atoms with Crippen LogP contribution < -0.4 is 0 Å². The first-order chi connectivity index (χ1) is 20.2. The number of aldehydes is 1. The zero-order valence-electron chi connectivity index (χ0n) is 23.7. The summed E-state index contributed by atoms with van der Waals surface area (Å²) in [5, 5.41) is 102. The van der Waals surface area contributed by atoms with E-state index in [9.17, 15) is 55.9 Å². The molecule has 10 N–H and O–H groups in total. The molecule has 0 spiro atoms. The van der Waals surface area contributed by atoms with Gasteiger partial charge in [-0.2, -0.15) is 0 Å². The minimum atomic E-state index is -1.75. The van der Waals surface area contributed by atoms with Crippen LogP contribution in [0.5, 0.6) is 0 Å². The van der Waals surface area contributed by atoms with Gasteiger partial charge in [0.1, 0.15) is 92.2 Å². The molecule has 3 aliphatic heterocycles. The molecule has 0 aromatic heterocycles. The summed E-state index contributed by atoms with van der Waals surface area (Å²) in [5.41, 5.74) is -1.45. The standard InChI is InChI=1S/C25H44O18/c1-25(2,40-9-12-15(30)18(33)20(35)23(43-12)38-6-5-37-4-3-26)22-19(34)16(31)14(29)11(41-22)8-39-24-21(36)17(32)13(28)10(7-27)42-24/h3,10-24,27-36H,4-9H2,1-2H3/t10-,11-,12-,13-,14-,15-,16+,17+,18+,19-,20-,21-,22-,23-,24-/m1/s1. The Morgan fingerprint density at radius 3 is 1.72 bits per heavy atom. The molecule has 0 unspecified atom stereocenters. The second kappa shape index (κ2) is 16.0. The van der Waals surface area contributed by atoms with Crippen molar-refractivity contribution in [2.75, 3.05) is 39.6 Å². The fraction of sp³-hybridized carbons (Fsp3) is 0.960. The number of aliphatic hydroxyl groups excluding tert-OH is 10. The number of rotatable bonds is 14. The molecule has 0 aromatic carbocycles. The van der Waals surface area contributed by atoms with Crippen molar-refractivity contribution in [1.29, 1.82) is 0 Å². The van der Waals surface area contributed by atoms with E-state index in [1.165, 1.54) is 13.8 Å². The van der Waals surface area contributed by atoms with Gasteiger partial charge in [0, 0.05) is 0 Å². The Hall–Kier alpha value is -1.01. The number of hydrogen-bond donors (Lipinski definition) is 10. The van der Waals surface area contributed by atoms with Crippen molar-refractivity contribution in [3.63, 3.8) is 0 Å². The molecule has 43 heavy (non-hydrogen) atoms. The molecule has 0 saturated carbocycles. The van der Waals surface area contributed by atoms with Gasteiger partial charge >= 0.3 is 0 Å². The van der Waals surface area contributed by atoms with Gasteiger partial charge in [-0.3, -0.25) is 0 Å². The molecule has 3 aliphatic rings. The van der Waals surface area contributed by atoms with Crippen LogP contribution in [0.3, 0.4) is 0 Å². The van der Waals surface area contributed by atoms with Gasteiger partial charge < -0.3 is 89.0 Å². The van der Waals surface area contributed by atoms with Gasteiger partial charge in [-0.15, -0.1) is 0 Å². The normalized spacial score (nSPS) is 44.3. The SMILES string of the molecule is CC(C)(OC[C@H]1O[C@@H](OCCOCC=O)[C@H](O)[C@@H](O)[C@@H]1O)[C@@H]1O[C@H](CO[C@@H]2O[C@H](CO)[C@@H](O)[C@H](O)[C@H]2O)[C@@H](O)[C@H](O)[C@H]1O. The zero-order valence-corrected chi connectivity index (χ0v) is 23.7. The highest BCUT2D eigenvalue weighted by molar-refractivity contribution is 5.50. The lowest BCUT2D eigenvalue weighted by atomic mass is 9.86. The maximum absolute atomic E-state index is 10.7. The van der Waals surface area contributed by atoms with Gasteiger partial charge in [-0.25, -0.2) is 0 Å². The summed E-state index contributed by atoms with van der Waals surface area (Å²) in [6.45, 7) is 1.02. The van der Waals surface area contributed by atoms with Gasteiger partial charge in [0.25, 0.3) is 0 Å². The average Bonchev–Trinajstić information content (AvgIpc) is 2.98. The molecule has 0 radical (unpaired) electrons. The number of carbonyl (C=O) groups is 1. The Morgan fingerprint density at radius 1 is 0.628 bits per heavy atom. The highest BCUT2D eigenvalue weighted by Gasteiger charge is 2.52. The van der Waals surface area contributed by atoms with E-state index in [1.54, 1.807) is 0 Å². The Morgan fingerprint density at radius 2 is 1.14 bits per heavy atom. The van der Waals surface area contributed by atoms with Crippen molar-refractivity contribution >= 4 is 6.29 Å². The fourth-order valence-corrected chi connectivity index (χ4v) is 4.98. The Balaban J connectivity index is 1.61. The number of hydrogen-bond acceptors (Lipinski definition) is 18. The van der Waals surface area contributed by atoms with E-state index >= 15 is 0 Å². The second-order valence-corrected chi connectivity index (χ2v) is 11.1. The largest absolute Gasteiger partial charge is 0.394 e. The molecule has 0 aliphatic carbocycles. The van der Waals surface area contributed by atoms with Crippen LogP contribution in [0.25, 0.3) is 0 Å². The van der Waals surface area contributed by atoms with Crippen molar-refractivity contribution in [3.8, 4) is 0 Å². The summed E-state index contributed by atoms with van der Waals surface area (Å²) < 4.78 is 38.3. The van der Waals surface area contributed by atoms with Gasteiger partial charge in [-0.1, -0.05) is 0 Å². The molecule has 0 aromatic rings. The molecule has 252 valence electrons. The average molecular weight is 633 g/mol. The van der Waals surface area contributed by atoms with Gasteiger partial charge in [-0.05, 0) is 13.8 Å². The van der Waals surface area contributed by atoms with E-state index in [1.807, 2.05) is 0 Å². The van der Waals surface area contributed by atoms with Gasteiger partial charge in [0.05, 0.1) is 38.6 Å². The third-order valence-corrected chi connectivity index (χ3v) is 7.65. The maximum atomic E-state index is 10.7. The zero-order chi connectivity index (χ0) is 32.1. The van der Waals surface area contributed by atoms with E-state index in [0.717, 1.165) is 0 Å². The molecule has 18 heteroatoms. The first kappa shape index (κ1) is 36.5. The summed E-state index contributed by atoms with van der Waals surface area (Å²) >= 11 is 0. The Labute approximate surface area is 246 Å². The van der Waals surface area contributed by atoms with E-state index in [0.29, 0.717) is 6.29 Å². The third-order valence-electron chi connectivity index (χ3n) is 7.65. The minimum Gasteiger partial charge on any atom is -0.394 e. The van der Waals surface area contributed by atoms with Crippen LogP contribution in [-0.4, -0.2) is 195 Å². The lowest BCUT2D eigenvalue weighted by Gasteiger charge is -2.48. The molecule has 3 heterocycles. The molecule has 18 nitrogen and oxygen atoms in total. The number of carbonyl (C=O) groups excluding carboxylic acids is 1. The molecule has 0 amide bonds. The van der Waals surface area contributed by atoms with Crippen molar-refractivity contribution < 1.29 is 89.0 Å². The summed E-state index contributed by atoms with van der Waals surface area (Å²) in [5.74, 6) is 0. The van der Waals surface area contributed by atoms with Gasteiger partial charge in [0.2, 0.25) is 0 Å². The molecule has 3 fully saturated rings. The van der Waals surface area contributed by atoms with E-state index in [-0.39, 0.29) is 19.8 Å². The predicted octanol–water partition coefficient (Wildman–Crippen LogP) is -6.51. The third kappa shape index (κ3) is 8.63. The summed E-state index contributed by atoms with van der Waals surface area (Å²) in [4.78, 5) is 10.3. The van der Waals surface area contributed by atoms with E-state index in [2.05, 4.69) is 0 Å². The lowest BCUT2D eigenvalue weighted by molar-refractivity contribution is -0.326. The monoisotopic (exact) mass is 632 g/mol. The summed E-state index contributed by atoms with van der Waals surface area (Å²) in [6, 6.07) is 0. The van der Waals surface area contributed by atoms with Crippen LogP contribution in [0.15, 0.2) is 0 Å². The van der Waals surface area contributed by atoms with Crippen molar-refractivity contribution in [2.45, 2.75) is 111 Å². The smallest absolute Gasteiger partial charge is 0.186 e. The van der Waals surface area contributed by atoms with Crippen molar-refractivity contribution in [1.82, 2.24) is 0 Å². The lowest BCUT2D eigenvalue weighted by Crippen LogP contribution is -2.65. The van der Waals surface area contributed by atoms with Crippen LogP contribution >= 0.6 is 0 Å². The molecule has 15 atom stereocenters. The predicted molar refractivity (Wildman–Crippen MR) is 136 cm³/mol. The van der Waals surface area contributed by atoms with E-state index < -0.39 is 117 Å².